The van der Waals surface area contributed by atoms with Gasteiger partial charge in [0.2, 0.25) is 15.9 Å². The van der Waals surface area contributed by atoms with Crippen LogP contribution in [0.4, 0.5) is 0 Å². The van der Waals surface area contributed by atoms with Crippen molar-refractivity contribution in [2.24, 2.45) is 0 Å². The zero-order valence-electron chi connectivity index (χ0n) is 19.2. The second-order valence-corrected chi connectivity index (χ2v) is 11.0. The van der Waals surface area contributed by atoms with E-state index in [1.54, 1.807) is 50.6 Å². The molecule has 2 aromatic carbocycles. The fourth-order valence-corrected chi connectivity index (χ4v) is 6.06. The normalized spacial score (nSPS) is 15.8. The summed E-state index contributed by atoms with van der Waals surface area (Å²) in [5.41, 5.74) is 0.834. The minimum absolute atomic E-state index is 0.186. The number of benzene rings is 2. The van der Waals surface area contributed by atoms with Gasteiger partial charge < -0.3 is 14.8 Å². The summed E-state index contributed by atoms with van der Waals surface area (Å²) in [6, 6.07) is 11.5. The molecule has 180 valence electrons. The molecule has 0 saturated heterocycles. The largest absolute Gasteiger partial charge is 0.493 e. The highest BCUT2D eigenvalue weighted by molar-refractivity contribution is 9.10. The summed E-state index contributed by atoms with van der Waals surface area (Å²) in [5.74, 6) is 0.824. The topological polar surface area (TPSA) is 84.9 Å². The van der Waals surface area contributed by atoms with Gasteiger partial charge in [-0.2, -0.15) is 4.31 Å². The zero-order valence-corrected chi connectivity index (χ0v) is 21.6. The Bertz CT molecular complexity index is 1050. The van der Waals surface area contributed by atoms with Crippen LogP contribution in [0.3, 0.4) is 0 Å². The number of hydrogen-bond acceptors (Lipinski definition) is 5. The number of rotatable bonds is 9. The lowest BCUT2D eigenvalue weighted by molar-refractivity contribution is -0.122. The standard InChI is InChI=1S/C24H31BrN2O5S/c1-17(18-9-14-22(31-2)23(15-18)32-3)26-24(28)16-27(20-7-5-4-6-8-20)33(29,30)21-12-10-19(25)11-13-21/h9-15,17,20H,4-8,16H2,1-3H3,(H,26,28)/t17-/m0/s1. The first-order valence-corrected chi connectivity index (χ1v) is 13.3. The SMILES string of the molecule is COc1ccc([C@H](C)NC(=O)CN(C2CCCCC2)S(=O)(=O)c2ccc(Br)cc2)cc1OC. The molecule has 1 amide bonds. The van der Waals surface area contributed by atoms with E-state index >= 15 is 0 Å². The molecule has 33 heavy (non-hydrogen) atoms. The summed E-state index contributed by atoms with van der Waals surface area (Å²) >= 11 is 3.35. The van der Waals surface area contributed by atoms with Crippen LogP contribution in [0.2, 0.25) is 0 Å². The van der Waals surface area contributed by atoms with Crippen molar-refractivity contribution in [2.75, 3.05) is 20.8 Å². The molecule has 0 heterocycles. The minimum Gasteiger partial charge on any atom is -0.493 e. The van der Waals surface area contributed by atoms with Crippen molar-refractivity contribution < 1.29 is 22.7 Å². The lowest BCUT2D eigenvalue weighted by Crippen LogP contribution is -2.47. The highest BCUT2D eigenvalue weighted by Crippen LogP contribution is 2.31. The van der Waals surface area contributed by atoms with Crippen LogP contribution in [-0.4, -0.2) is 45.4 Å². The number of ether oxygens (including phenoxy) is 2. The molecule has 9 heteroatoms. The van der Waals surface area contributed by atoms with Crippen molar-refractivity contribution >= 4 is 31.9 Å². The molecule has 1 N–H and O–H groups in total. The van der Waals surface area contributed by atoms with Gasteiger partial charge in [-0.15, -0.1) is 0 Å². The lowest BCUT2D eigenvalue weighted by Gasteiger charge is -2.33. The molecular formula is C24H31BrN2O5S. The minimum atomic E-state index is -3.82. The molecule has 0 bridgehead atoms. The Morgan fingerprint density at radius 1 is 1.06 bits per heavy atom. The monoisotopic (exact) mass is 538 g/mol. The Kier molecular flexibility index (Phi) is 8.78. The summed E-state index contributed by atoms with van der Waals surface area (Å²) in [7, 11) is -0.698. The van der Waals surface area contributed by atoms with Gasteiger partial charge in [-0.1, -0.05) is 41.3 Å². The van der Waals surface area contributed by atoms with Crippen molar-refractivity contribution in [1.29, 1.82) is 0 Å². The highest BCUT2D eigenvalue weighted by Gasteiger charge is 2.34. The van der Waals surface area contributed by atoms with Crippen LogP contribution in [-0.2, 0) is 14.8 Å². The fraction of sp³-hybridized carbons (Fsp3) is 0.458. The summed E-state index contributed by atoms with van der Waals surface area (Å²) in [4.78, 5) is 13.2. The number of nitrogens with zero attached hydrogens (tertiary/aromatic N) is 1. The lowest BCUT2D eigenvalue weighted by atomic mass is 9.95. The van der Waals surface area contributed by atoms with E-state index in [0.29, 0.717) is 11.5 Å². The fourth-order valence-electron chi connectivity index (χ4n) is 4.16. The Morgan fingerprint density at radius 3 is 2.30 bits per heavy atom. The number of carbonyl (C=O) groups excluding carboxylic acids is 1. The van der Waals surface area contributed by atoms with E-state index in [-0.39, 0.29) is 29.4 Å². The van der Waals surface area contributed by atoms with Crippen molar-refractivity contribution in [3.05, 3.63) is 52.5 Å². The number of amides is 1. The van der Waals surface area contributed by atoms with Crippen LogP contribution in [0, 0.1) is 0 Å². The van der Waals surface area contributed by atoms with Crippen LogP contribution in [0.5, 0.6) is 11.5 Å². The van der Waals surface area contributed by atoms with E-state index in [1.165, 1.54) is 4.31 Å². The number of hydrogen-bond donors (Lipinski definition) is 1. The number of sulfonamides is 1. The Morgan fingerprint density at radius 2 is 1.70 bits per heavy atom. The van der Waals surface area contributed by atoms with Crippen LogP contribution < -0.4 is 14.8 Å². The molecule has 0 aromatic heterocycles. The molecule has 2 aromatic rings. The van der Waals surface area contributed by atoms with Crippen LogP contribution in [0.1, 0.15) is 50.6 Å². The third kappa shape index (κ3) is 6.28. The Hall–Kier alpha value is -2.10. The van der Waals surface area contributed by atoms with E-state index in [2.05, 4.69) is 21.2 Å². The Labute approximate surface area is 204 Å². The molecule has 0 aliphatic heterocycles. The van der Waals surface area contributed by atoms with E-state index in [0.717, 1.165) is 42.1 Å². The third-order valence-electron chi connectivity index (χ3n) is 5.99. The molecule has 7 nitrogen and oxygen atoms in total. The van der Waals surface area contributed by atoms with Gasteiger partial charge in [-0.25, -0.2) is 8.42 Å². The predicted molar refractivity (Wildman–Crippen MR) is 131 cm³/mol. The van der Waals surface area contributed by atoms with Gasteiger partial charge in [-0.05, 0) is 61.7 Å². The molecule has 1 aliphatic carbocycles. The molecular weight excluding hydrogens is 508 g/mol. The molecule has 0 spiro atoms. The third-order valence-corrected chi connectivity index (χ3v) is 8.43. The predicted octanol–water partition coefficient (Wildman–Crippen LogP) is 4.67. The summed E-state index contributed by atoms with van der Waals surface area (Å²) < 4.78 is 39.8. The maximum Gasteiger partial charge on any atom is 0.243 e. The average molecular weight is 539 g/mol. The van der Waals surface area contributed by atoms with Crippen molar-refractivity contribution in [3.8, 4) is 11.5 Å². The molecule has 1 fully saturated rings. The van der Waals surface area contributed by atoms with Crippen LogP contribution in [0.15, 0.2) is 51.8 Å². The molecule has 3 rings (SSSR count). The van der Waals surface area contributed by atoms with E-state index in [1.807, 2.05) is 13.0 Å². The van der Waals surface area contributed by atoms with Crippen LogP contribution >= 0.6 is 15.9 Å². The highest BCUT2D eigenvalue weighted by atomic mass is 79.9. The second-order valence-electron chi connectivity index (χ2n) is 8.20. The smallest absolute Gasteiger partial charge is 0.243 e. The second kappa shape index (κ2) is 11.4. The first-order chi connectivity index (χ1) is 15.8. The van der Waals surface area contributed by atoms with Crippen molar-refractivity contribution in [1.82, 2.24) is 9.62 Å². The number of halogens is 1. The summed E-state index contributed by atoms with van der Waals surface area (Å²) in [6.45, 7) is 1.63. The molecule has 1 saturated carbocycles. The molecule has 0 radical (unpaired) electrons. The van der Waals surface area contributed by atoms with Crippen molar-refractivity contribution in [3.63, 3.8) is 0 Å². The van der Waals surface area contributed by atoms with Gasteiger partial charge in [0.05, 0.1) is 31.7 Å². The first kappa shape index (κ1) is 25.5. The zero-order chi connectivity index (χ0) is 24.0. The Balaban J connectivity index is 1.79. The average Bonchev–Trinajstić information content (AvgIpc) is 2.82. The first-order valence-electron chi connectivity index (χ1n) is 11.0. The van der Waals surface area contributed by atoms with E-state index < -0.39 is 10.0 Å². The van der Waals surface area contributed by atoms with Crippen molar-refractivity contribution in [2.45, 2.75) is 56.0 Å². The maximum absolute atomic E-state index is 13.5. The van der Waals surface area contributed by atoms with E-state index in [4.69, 9.17) is 9.47 Å². The van der Waals surface area contributed by atoms with Gasteiger partial charge in [0.1, 0.15) is 0 Å². The van der Waals surface area contributed by atoms with Gasteiger partial charge in [0.25, 0.3) is 0 Å². The number of carbonyl (C=O) groups is 1. The maximum atomic E-state index is 13.5. The van der Waals surface area contributed by atoms with Gasteiger partial charge in [0, 0.05) is 10.5 Å². The molecule has 0 unspecified atom stereocenters. The summed E-state index contributed by atoms with van der Waals surface area (Å²) in [5, 5.41) is 2.94. The van der Waals surface area contributed by atoms with Gasteiger partial charge >= 0.3 is 0 Å². The molecule has 1 atom stereocenters. The molecule has 1 aliphatic rings. The quantitative estimate of drug-likeness (QED) is 0.501. The number of nitrogens with one attached hydrogen (secondary N) is 1. The van der Waals surface area contributed by atoms with Gasteiger partial charge in [-0.3, -0.25) is 4.79 Å². The summed E-state index contributed by atoms with van der Waals surface area (Å²) in [6.07, 6.45) is 4.52. The van der Waals surface area contributed by atoms with Crippen LogP contribution in [0.25, 0.3) is 0 Å². The van der Waals surface area contributed by atoms with E-state index in [9.17, 15) is 13.2 Å². The number of methoxy groups -OCH3 is 2. The van der Waals surface area contributed by atoms with Gasteiger partial charge in [0.15, 0.2) is 11.5 Å².